The van der Waals surface area contributed by atoms with Crippen LogP contribution in [0.3, 0.4) is 0 Å². The van der Waals surface area contributed by atoms with E-state index in [9.17, 15) is 0 Å². The summed E-state index contributed by atoms with van der Waals surface area (Å²) in [5, 5.41) is 4.89. The Bertz CT molecular complexity index is 2270. The lowest BCUT2D eigenvalue weighted by molar-refractivity contribution is 1.27. The highest BCUT2D eigenvalue weighted by Gasteiger charge is 2.23. The van der Waals surface area contributed by atoms with E-state index in [2.05, 4.69) is 132 Å². The van der Waals surface area contributed by atoms with Crippen LogP contribution in [0.1, 0.15) is 0 Å². The van der Waals surface area contributed by atoms with Gasteiger partial charge in [0, 0.05) is 45.1 Å². The number of para-hydroxylation sites is 1. The van der Waals surface area contributed by atoms with Gasteiger partial charge in [0.2, 0.25) is 0 Å². The number of fused-ring (bicyclic) bond motifs is 6. The van der Waals surface area contributed by atoms with Crippen LogP contribution in [0.25, 0.3) is 82.6 Å². The molecule has 0 unspecified atom stereocenters. The first-order valence-electron chi connectivity index (χ1n) is 14.6. The van der Waals surface area contributed by atoms with E-state index in [4.69, 9.17) is 9.97 Å². The van der Waals surface area contributed by atoms with Gasteiger partial charge in [-0.3, -0.25) is 9.97 Å². The molecule has 9 rings (SSSR count). The molecule has 0 spiro atoms. The second-order valence-corrected chi connectivity index (χ2v) is 11.0. The molecule has 3 nitrogen and oxygen atoms in total. The molecule has 4 heterocycles. The zero-order chi connectivity index (χ0) is 28.3. The summed E-state index contributed by atoms with van der Waals surface area (Å²) in [5.74, 6) is 0. The standard InChI is InChI=1S/C40H25N3/c1-3-12-26(13-4-1)28-16-7-9-18-30(28)34-22-41-24-36-38(34)32-20-11-21-33-39-35(23-42-25-37(39)43(36)40(32)33)31-19-10-8-17-29(31)27-14-5-2-6-15-27/h1-25H. The SMILES string of the molecule is c1ccc(-c2ccccc2-c2cncc3c2c2cccc4c5c(-c6ccccc6-c6ccccc6)cncc5n3c24)cc1. The third kappa shape index (κ3) is 3.49. The highest BCUT2D eigenvalue weighted by atomic mass is 14.9. The molecule has 0 aliphatic heterocycles. The van der Waals surface area contributed by atoms with Crippen LogP contribution in [0.4, 0.5) is 0 Å². The predicted molar refractivity (Wildman–Crippen MR) is 178 cm³/mol. The van der Waals surface area contributed by atoms with Gasteiger partial charge in [-0.25, -0.2) is 0 Å². The van der Waals surface area contributed by atoms with Crippen molar-refractivity contribution in [2.75, 3.05) is 0 Å². The molecular weight excluding hydrogens is 522 g/mol. The number of rotatable bonds is 4. The van der Waals surface area contributed by atoms with Crippen LogP contribution in [-0.4, -0.2) is 14.4 Å². The van der Waals surface area contributed by atoms with Crippen molar-refractivity contribution < 1.29 is 0 Å². The van der Waals surface area contributed by atoms with Crippen molar-refractivity contribution in [3.8, 4) is 44.5 Å². The summed E-state index contributed by atoms with van der Waals surface area (Å²) >= 11 is 0. The van der Waals surface area contributed by atoms with E-state index in [0.29, 0.717) is 0 Å². The zero-order valence-electron chi connectivity index (χ0n) is 23.3. The third-order valence-corrected chi connectivity index (χ3v) is 8.74. The zero-order valence-corrected chi connectivity index (χ0v) is 23.3. The quantitative estimate of drug-likeness (QED) is 0.219. The molecule has 9 aromatic rings. The largest absolute Gasteiger partial charge is 0.305 e. The molecule has 0 amide bonds. The third-order valence-electron chi connectivity index (χ3n) is 8.74. The Morgan fingerprint density at radius 2 is 0.767 bits per heavy atom. The number of pyridine rings is 2. The van der Waals surface area contributed by atoms with Crippen molar-refractivity contribution >= 4 is 38.1 Å². The average Bonchev–Trinajstić information content (AvgIpc) is 3.62. The van der Waals surface area contributed by atoms with Gasteiger partial charge in [-0.15, -0.1) is 0 Å². The van der Waals surface area contributed by atoms with Gasteiger partial charge in [-0.05, 0) is 33.4 Å². The summed E-state index contributed by atoms with van der Waals surface area (Å²) in [6, 6.07) is 45.2. The van der Waals surface area contributed by atoms with E-state index in [-0.39, 0.29) is 0 Å². The molecule has 0 saturated heterocycles. The molecule has 0 radical (unpaired) electrons. The molecule has 0 aliphatic carbocycles. The summed E-state index contributed by atoms with van der Waals surface area (Å²) < 4.78 is 2.37. The lowest BCUT2D eigenvalue weighted by atomic mass is 9.92. The highest BCUT2D eigenvalue weighted by molar-refractivity contribution is 6.28. The first-order valence-corrected chi connectivity index (χ1v) is 14.6. The maximum Gasteiger partial charge on any atom is 0.0731 e. The molecule has 0 bridgehead atoms. The van der Waals surface area contributed by atoms with E-state index in [1.807, 2.05) is 24.8 Å². The normalized spacial score (nSPS) is 11.7. The molecule has 4 aromatic heterocycles. The van der Waals surface area contributed by atoms with Gasteiger partial charge in [0.1, 0.15) is 0 Å². The second kappa shape index (κ2) is 9.37. The summed E-state index contributed by atoms with van der Waals surface area (Å²) in [5.41, 5.74) is 12.8. The van der Waals surface area contributed by atoms with E-state index in [0.717, 1.165) is 22.2 Å². The Morgan fingerprint density at radius 3 is 1.23 bits per heavy atom. The Hall–Kier alpha value is -5.80. The van der Waals surface area contributed by atoms with Gasteiger partial charge < -0.3 is 4.40 Å². The fourth-order valence-corrected chi connectivity index (χ4v) is 6.95. The van der Waals surface area contributed by atoms with Crippen molar-refractivity contribution in [3.05, 3.63) is 152 Å². The number of aromatic nitrogens is 3. The minimum atomic E-state index is 1.09. The first-order chi connectivity index (χ1) is 21.4. The van der Waals surface area contributed by atoms with Crippen LogP contribution in [0.15, 0.2) is 152 Å². The molecule has 200 valence electrons. The monoisotopic (exact) mass is 547 g/mol. The molecule has 0 saturated carbocycles. The van der Waals surface area contributed by atoms with Crippen molar-refractivity contribution in [1.29, 1.82) is 0 Å². The Kier molecular flexibility index (Phi) is 5.20. The Labute approximate surface area is 248 Å². The smallest absolute Gasteiger partial charge is 0.0731 e. The van der Waals surface area contributed by atoms with Crippen LogP contribution in [-0.2, 0) is 0 Å². The van der Waals surface area contributed by atoms with Crippen LogP contribution >= 0.6 is 0 Å². The van der Waals surface area contributed by atoms with E-state index in [1.54, 1.807) is 0 Å². The van der Waals surface area contributed by atoms with Gasteiger partial charge in [0.15, 0.2) is 0 Å². The van der Waals surface area contributed by atoms with E-state index >= 15 is 0 Å². The Morgan fingerprint density at radius 1 is 0.349 bits per heavy atom. The van der Waals surface area contributed by atoms with Crippen LogP contribution in [0.2, 0.25) is 0 Å². The van der Waals surface area contributed by atoms with Crippen LogP contribution in [0, 0.1) is 0 Å². The van der Waals surface area contributed by atoms with Crippen LogP contribution < -0.4 is 0 Å². The van der Waals surface area contributed by atoms with Gasteiger partial charge in [-0.1, -0.05) is 127 Å². The average molecular weight is 548 g/mol. The topological polar surface area (TPSA) is 30.2 Å². The molecule has 0 fully saturated rings. The summed E-state index contributed by atoms with van der Waals surface area (Å²) in [6.45, 7) is 0. The molecule has 3 heteroatoms. The van der Waals surface area contributed by atoms with E-state index in [1.165, 1.54) is 60.4 Å². The fraction of sp³-hybridized carbons (Fsp3) is 0. The number of hydrogen-bond acceptors (Lipinski definition) is 2. The van der Waals surface area contributed by atoms with Gasteiger partial charge in [0.25, 0.3) is 0 Å². The van der Waals surface area contributed by atoms with Crippen LogP contribution in [0.5, 0.6) is 0 Å². The van der Waals surface area contributed by atoms with Gasteiger partial charge >= 0.3 is 0 Å². The van der Waals surface area contributed by atoms with Gasteiger partial charge in [-0.2, -0.15) is 0 Å². The lowest BCUT2D eigenvalue weighted by Gasteiger charge is -2.12. The van der Waals surface area contributed by atoms with Gasteiger partial charge in [0.05, 0.1) is 28.9 Å². The summed E-state index contributed by atoms with van der Waals surface area (Å²) in [6.07, 6.45) is 8.06. The molecule has 5 aromatic carbocycles. The first kappa shape index (κ1) is 23.9. The van der Waals surface area contributed by atoms with Crippen molar-refractivity contribution in [2.45, 2.75) is 0 Å². The fourth-order valence-electron chi connectivity index (χ4n) is 6.95. The Balaban J connectivity index is 1.37. The molecule has 0 N–H and O–H groups in total. The van der Waals surface area contributed by atoms with Crippen molar-refractivity contribution in [3.63, 3.8) is 0 Å². The molecule has 0 aliphatic rings. The maximum atomic E-state index is 4.82. The number of hydrogen-bond donors (Lipinski definition) is 0. The van der Waals surface area contributed by atoms with E-state index < -0.39 is 0 Å². The van der Waals surface area contributed by atoms with Crippen molar-refractivity contribution in [2.24, 2.45) is 0 Å². The minimum absolute atomic E-state index is 1.09. The highest BCUT2D eigenvalue weighted by Crippen LogP contribution is 2.46. The number of nitrogens with zero attached hydrogens (tertiary/aromatic N) is 3. The lowest BCUT2D eigenvalue weighted by Crippen LogP contribution is -1.90. The minimum Gasteiger partial charge on any atom is -0.305 e. The molecule has 0 atom stereocenters. The predicted octanol–water partition coefficient (Wildman–Crippen LogP) is 10.3. The second-order valence-electron chi connectivity index (χ2n) is 11.0. The maximum absolute atomic E-state index is 4.82. The summed E-state index contributed by atoms with van der Waals surface area (Å²) in [7, 11) is 0. The molecule has 43 heavy (non-hydrogen) atoms. The molecular formula is C40H25N3. The summed E-state index contributed by atoms with van der Waals surface area (Å²) in [4.78, 5) is 9.63. The number of benzene rings is 5. The van der Waals surface area contributed by atoms with Crippen molar-refractivity contribution in [1.82, 2.24) is 14.4 Å².